The van der Waals surface area contributed by atoms with E-state index in [1.165, 1.54) is 48.5 Å². The number of hydrogen-bond acceptors (Lipinski definition) is 12. The lowest BCUT2D eigenvalue weighted by molar-refractivity contribution is -0.141. The summed E-state index contributed by atoms with van der Waals surface area (Å²) in [4.78, 5) is 47.6. The molecule has 2 unspecified atom stereocenters. The molecule has 2 N–H and O–H groups in total. The van der Waals surface area contributed by atoms with Gasteiger partial charge in [0.1, 0.15) is 41.8 Å². The molecule has 0 saturated heterocycles. The first-order valence-corrected chi connectivity index (χ1v) is 18.8. The van der Waals surface area contributed by atoms with E-state index in [2.05, 4.69) is 13.2 Å². The lowest BCUT2D eigenvalue weighted by atomic mass is 10.1. The van der Waals surface area contributed by atoms with Gasteiger partial charge in [0, 0.05) is 12.2 Å². The second kappa shape index (κ2) is 24.9. The third-order valence-corrected chi connectivity index (χ3v) is 8.42. The van der Waals surface area contributed by atoms with Crippen molar-refractivity contribution in [2.75, 3.05) is 26.4 Å². The molecule has 0 amide bonds. The molecule has 0 fully saturated rings. The second-order valence-corrected chi connectivity index (χ2v) is 13.1. The van der Waals surface area contributed by atoms with Crippen molar-refractivity contribution in [1.29, 1.82) is 0 Å². The summed E-state index contributed by atoms with van der Waals surface area (Å²) in [5.74, 6) is -3.36. The van der Waals surface area contributed by atoms with Gasteiger partial charge in [-0.25, -0.2) is 19.2 Å². The Morgan fingerprint density at radius 1 is 0.586 bits per heavy atom. The summed E-state index contributed by atoms with van der Waals surface area (Å²) < 4.78 is 73.3. The average molecular weight is 815 g/mol. The number of aliphatic hydroxyl groups excluding tert-OH is 2. The van der Waals surface area contributed by atoms with E-state index in [0.29, 0.717) is 43.6 Å². The van der Waals surface area contributed by atoms with E-state index in [1.54, 1.807) is 0 Å². The monoisotopic (exact) mass is 814 g/mol. The van der Waals surface area contributed by atoms with Gasteiger partial charge in [0.05, 0.1) is 36.5 Å². The molecule has 0 aliphatic carbocycles. The van der Waals surface area contributed by atoms with Crippen molar-refractivity contribution in [3.05, 3.63) is 109 Å². The molecule has 58 heavy (non-hydrogen) atoms. The van der Waals surface area contributed by atoms with Gasteiger partial charge in [0.15, 0.2) is 0 Å². The third-order valence-electron chi connectivity index (χ3n) is 8.42. The summed E-state index contributed by atoms with van der Waals surface area (Å²) in [6, 6.07) is 14.2. The normalized spacial score (nSPS) is 12.1. The van der Waals surface area contributed by atoms with E-state index in [-0.39, 0.29) is 24.3 Å². The number of carbonyl (C=O) groups is 4. The van der Waals surface area contributed by atoms with Crippen molar-refractivity contribution in [3.8, 4) is 23.0 Å². The summed E-state index contributed by atoms with van der Waals surface area (Å²) >= 11 is 0. The smallest absolute Gasteiger partial charge is 0.420 e. The van der Waals surface area contributed by atoms with Gasteiger partial charge in [-0.3, -0.25) is 0 Å². The van der Waals surface area contributed by atoms with Crippen LogP contribution in [0, 0.1) is 0 Å². The Balaban J connectivity index is 1.41. The Morgan fingerprint density at radius 3 is 1.43 bits per heavy atom. The molecule has 2 atom stereocenters. The molecule has 3 aromatic rings. The van der Waals surface area contributed by atoms with Crippen LogP contribution in [-0.2, 0) is 25.2 Å². The molecule has 0 radical (unpaired) electrons. The summed E-state index contributed by atoms with van der Waals surface area (Å²) in [6.45, 7) is 7.20. The summed E-state index contributed by atoms with van der Waals surface area (Å²) in [6.07, 6.45) is 2.87. The highest BCUT2D eigenvalue weighted by Crippen LogP contribution is 2.39. The minimum Gasteiger partial charge on any atom is -0.494 e. The Hall–Kier alpha value is -5.67. The lowest BCUT2D eigenvalue weighted by Gasteiger charge is -2.15. The standard InChI is InChI=1S/C43H49F3O12/c1-3-39(49)55-28-32(47)13-9-5-7-11-25-53-34-19-15-30(16-20-34)41(51)57-36-23-24-38(37(27-36)43(44,45)46)58-42(52)31-17-21-35(22-18-31)54-26-12-8-6-10-14-33(48)29-56-40(50)4-2/h3-4,15-24,27,32-33,47-48H,1-2,5-14,25-26,28-29H2. The molecule has 314 valence electrons. The number of halogens is 3. The van der Waals surface area contributed by atoms with E-state index in [4.69, 9.17) is 28.4 Å². The van der Waals surface area contributed by atoms with Crippen LogP contribution in [-0.4, -0.2) is 72.7 Å². The van der Waals surface area contributed by atoms with Crippen LogP contribution in [0.3, 0.4) is 0 Å². The zero-order chi connectivity index (χ0) is 42.3. The van der Waals surface area contributed by atoms with Crippen molar-refractivity contribution in [1.82, 2.24) is 0 Å². The molecule has 0 aliphatic heterocycles. The van der Waals surface area contributed by atoms with Crippen molar-refractivity contribution < 1.29 is 71.0 Å². The number of alkyl halides is 3. The average Bonchev–Trinajstić information content (AvgIpc) is 3.21. The van der Waals surface area contributed by atoms with Crippen LogP contribution in [0.5, 0.6) is 23.0 Å². The highest BCUT2D eigenvalue weighted by molar-refractivity contribution is 5.92. The predicted molar refractivity (Wildman–Crippen MR) is 206 cm³/mol. The first kappa shape index (κ1) is 46.7. The molecular weight excluding hydrogens is 765 g/mol. The molecule has 0 aromatic heterocycles. The summed E-state index contributed by atoms with van der Waals surface area (Å²) in [5, 5.41) is 19.7. The molecule has 0 bridgehead atoms. The van der Waals surface area contributed by atoms with E-state index in [9.17, 15) is 42.6 Å². The van der Waals surface area contributed by atoms with Crippen molar-refractivity contribution in [3.63, 3.8) is 0 Å². The number of carbonyl (C=O) groups excluding carboxylic acids is 4. The molecule has 3 rings (SSSR count). The van der Waals surface area contributed by atoms with E-state index in [1.807, 2.05) is 0 Å². The van der Waals surface area contributed by atoms with Gasteiger partial charge in [-0.15, -0.1) is 0 Å². The van der Waals surface area contributed by atoms with Crippen LogP contribution in [0.2, 0.25) is 0 Å². The van der Waals surface area contributed by atoms with E-state index in [0.717, 1.165) is 75.7 Å². The van der Waals surface area contributed by atoms with Crippen LogP contribution in [0.25, 0.3) is 0 Å². The van der Waals surface area contributed by atoms with Crippen molar-refractivity contribution in [2.45, 2.75) is 82.6 Å². The van der Waals surface area contributed by atoms with Crippen LogP contribution >= 0.6 is 0 Å². The Bertz CT molecular complexity index is 1770. The second-order valence-electron chi connectivity index (χ2n) is 13.1. The van der Waals surface area contributed by atoms with Gasteiger partial charge >= 0.3 is 30.1 Å². The highest BCUT2D eigenvalue weighted by Gasteiger charge is 2.36. The number of hydrogen-bond donors (Lipinski definition) is 2. The fourth-order valence-electron chi connectivity index (χ4n) is 5.27. The van der Waals surface area contributed by atoms with Gasteiger partial charge in [-0.2, -0.15) is 13.2 Å². The Morgan fingerprint density at radius 2 is 1.00 bits per heavy atom. The summed E-state index contributed by atoms with van der Waals surface area (Å²) in [5.41, 5.74) is -1.26. The zero-order valence-electron chi connectivity index (χ0n) is 32.1. The lowest BCUT2D eigenvalue weighted by Crippen LogP contribution is -2.17. The van der Waals surface area contributed by atoms with Crippen LogP contribution in [0.4, 0.5) is 13.2 Å². The molecular formula is C43H49F3O12. The van der Waals surface area contributed by atoms with E-state index < -0.39 is 59.3 Å². The zero-order valence-corrected chi connectivity index (χ0v) is 32.1. The van der Waals surface area contributed by atoms with Gasteiger partial charge in [0.2, 0.25) is 0 Å². The van der Waals surface area contributed by atoms with Crippen LogP contribution < -0.4 is 18.9 Å². The number of ether oxygens (including phenoxy) is 6. The van der Waals surface area contributed by atoms with Crippen molar-refractivity contribution >= 4 is 23.9 Å². The fraction of sp³-hybridized carbons (Fsp3) is 0.395. The van der Waals surface area contributed by atoms with Crippen LogP contribution in [0.15, 0.2) is 92.0 Å². The minimum atomic E-state index is -4.95. The fourth-order valence-corrected chi connectivity index (χ4v) is 5.27. The largest absolute Gasteiger partial charge is 0.494 e. The minimum absolute atomic E-state index is 0.0149. The number of esters is 4. The van der Waals surface area contributed by atoms with Crippen molar-refractivity contribution in [2.24, 2.45) is 0 Å². The number of benzene rings is 3. The molecule has 15 heteroatoms. The first-order chi connectivity index (χ1) is 27.8. The molecule has 0 aliphatic rings. The van der Waals surface area contributed by atoms with E-state index >= 15 is 0 Å². The highest BCUT2D eigenvalue weighted by atomic mass is 19.4. The molecule has 12 nitrogen and oxygen atoms in total. The number of aliphatic hydroxyl groups is 2. The molecule has 0 spiro atoms. The number of rotatable bonds is 26. The van der Waals surface area contributed by atoms with Crippen LogP contribution in [0.1, 0.15) is 90.5 Å². The molecule has 0 heterocycles. The topological polar surface area (TPSA) is 164 Å². The Kier molecular flexibility index (Phi) is 20.0. The maximum absolute atomic E-state index is 14.0. The van der Waals surface area contributed by atoms with Gasteiger partial charge in [-0.1, -0.05) is 51.7 Å². The van der Waals surface area contributed by atoms with Gasteiger partial charge in [0.25, 0.3) is 0 Å². The molecule has 3 aromatic carbocycles. The summed E-state index contributed by atoms with van der Waals surface area (Å²) in [7, 11) is 0. The predicted octanol–water partition coefficient (Wildman–Crippen LogP) is 7.98. The molecule has 0 saturated carbocycles. The van der Waals surface area contributed by atoms with Gasteiger partial charge in [-0.05, 0) is 92.4 Å². The number of unbranched alkanes of at least 4 members (excludes halogenated alkanes) is 6. The third kappa shape index (κ3) is 17.6. The Labute approximate surface area is 335 Å². The maximum Gasteiger partial charge on any atom is 0.420 e. The SMILES string of the molecule is C=CC(=O)OCC(O)CCCCCCOc1ccc(C(=O)Oc2ccc(OC(=O)c3ccc(OCCCCCCC(O)COC(=O)C=C)cc3)c(C(F)(F)F)c2)cc1. The maximum atomic E-state index is 14.0. The quantitative estimate of drug-likeness (QED) is 0.0348. The first-order valence-electron chi connectivity index (χ1n) is 18.8. The van der Waals surface area contributed by atoms with Gasteiger partial charge < -0.3 is 38.6 Å².